The van der Waals surface area contributed by atoms with Crippen molar-refractivity contribution in [3.63, 3.8) is 0 Å². The number of ether oxygens (including phenoxy) is 1. The molecule has 9 heteroatoms. The van der Waals surface area contributed by atoms with E-state index in [1.807, 2.05) is 54.8 Å². The lowest BCUT2D eigenvalue weighted by molar-refractivity contribution is -0.116. The van der Waals surface area contributed by atoms with Crippen molar-refractivity contribution >= 4 is 45.0 Å². The Morgan fingerprint density at radius 3 is 2.42 bits per heavy atom. The van der Waals surface area contributed by atoms with Gasteiger partial charge in [-0.25, -0.2) is 8.42 Å². The van der Waals surface area contributed by atoms with Gasteiger partial charge >= 0.3 is 0 Å². The van der Waals surface area contributed by atoms with Crippen LogP contribution in [0.3, 0.4) is 0 Å². The molecule has 0 heterocycles. The summed E-state index contributed by atoms with van der Waals surface area (Å²) in [5.74, 6) is -0.0504. The molecule has 0 unspecified atom stereocenters. The number of nitrogens with one attached hydrogen (secondary N) is 1. The number of hydrogen-bond donors (Lipinski definition) is 1. The number of sulfonamides is 1. The molecule has 3 rings (SSSR count). The van der Waals surface area contributed by atoms with E-state index in [0.717, 1.165) is 10.5 Å². The minimum atomic E-state index is -3.99. The smallest absolute Gasteiger partial charge is 0.243 e. The predicted molar refractivity (Wildman–Crippen MR) is 134 cm³/mol. The number of anilines is 1. The van der Waals surface area contributed by atoms with E-state index in [4.69, 9.17) is 16.3 Å². The monoisotopic (exact) mass is 504 g/mol. The van der Waals surface area contributed by atoms with Crippen LogP contribution in [0.4, 0.5) is 5.69 Å². The molecule has 0 aliphatic carbocycles. The lowest BCUT2D eigenvalue weighted by Gasteiger charge is -2.22. The standard InChI is InChI=1S/C24H25ClN2O4S2/c1-31-22-13-12-19(16-20(22)25)33(29,30)27(15-14-18-8-4-3-5-9-18)17-24(28)26-21-10-6-7-11-23(21)32-2/h3-13,16H,14-15,17H2,1-2H3,(H,26,28). The number of thioether (sulfide) groups is 1. The summed E-state index contributed by atoms with van der Waals surface area (Å²) in [6.07, 6.45) is 2.37. The highest BCUT2D eigenvalue weighted by atomic mass is 35.5. The van der Waals surface area contributed by atoms with Crippen LogP contribution in [-0.4, -0.2) is 45.1 Å². The van der Waals surface area contributed by atoms with E-state index in [1.165, 1.54) is 41.4 Å². The second-order valence-corrected chi connectivity index (χ2v) is 10.3. The van der Waals surface area contributed by atoms with Crippen LogP contribution in [0.15, 0.2) is 82.6 Å². The summed E-state index contributed by atoms with van der Waals surface area (Å²) in [7, 11) is -2.54. The quantitative estimate of drug-likeness (QED) is 0.396. The Hall–Kier alpha value is -2.52. The van der Waals surface area contributed by atoms with Gasteiger partial charge in [0.1, 0.15) is 5.75 Å². The van der Waals surface area contributed by atoms with Crippen LogP contribution in [0.2, 0.25) is 5.02 Å². The summed E-state index contributed by atoms with van der Waals surface area (Å²) >= 11 is 7.67. The normalized spacial score (nSPS) is 11.4. The maximum Gasteiger partial charge on any atom is 0.243 e. The van der Waals surface area contributed by atoms with Crippen LogP contribution in [0.5, 0.6) is 5.75 Å². The third-order valence-electron chi connectivity index (χ3n) is 4.95. The van der Waals surface area contributed by atoms with Gasteiger partial charge in [0.2, 0.25) is 15.9 Å². The SMILES string of the molecule is COc1ccc(S(=O)(=O)N(CCc2ccccc2)CC(=O)Nc2ccccc2SC)cc1Cl. The van der Waals surface area contributed by atoms with Gasteiger partial charge in [-0.2, -0.15) is 4.31 Å². The molecule has 33 heavy (non-hydrogen) atoms. The average molecular weight is 505 g/mol. The third-order valence-corrected chi connectivity index (χ3v) is 7.89. The van der Waals surface area contributed by atoms with Crippen molar-refractivity contribution in [1.29, 1.82) is 0 Å². The molecule has 1 N–H and O–H groups in total. The number of carbonyl (C=O) groups is 1. The number of nitrogens with zero attached hydrogens (tertiary/aromatic N) is 1. The molecule has 0 saturated heterocycles. The summed E-state index contributed by atoms with van der Waals surface area (Å²) in [6, 6.07) is 21.2. The fourth-order valence-corrected chi connectivity index (χ4v) is 5.54. The van der Waals surface area contributed by atoms with Crippen LogP contribution in [0.25, 0.3) is 0 Å². The first-order valence-corrected chi connectivity index (χ1v) is 13.2. The molecule has 1 amide bonds. The number of rotatable bonds is 10. The van der Waals surface area contributed by atoms with Crippen molar-refractivity contribution in [2.24, 2.45) is 0 Å². The summed E-state index contributed by atoms with van der Waals surface area (Å²) in [6.45, 7) is -0.199. The lowest BCUT2D eigenvalue weighted by atomic mass is 10.1. The number of amides is 1. The Labute approximate surface area is 204 Å². The maximum atomic E-state index is 13.5. The molecule has 3 aromatic carbocycles. The zero-order valence-corrected chi connectivity index (χ0v) is 20.7. The second kappa shape index (κ2) is 11.6. The zero-order chi connectivity index (χ0) is 23.8. The molecule has 0 bridgehead atoms. The van der Waals surface area contributed by atoms with E-state index in [1.54, 1.807) is 6.07 Å². The van der Waals surface area contributed by atoms with Gasteiger partial charge in [0.05, 0.1) is 29.3 Å². The maximum absolute atomic E-state index is 13.5. The third kappa shape index (κ3) is 6.51. The van der Waals surface area contributed by atoms with Crippen molar-refractivity contribution in [3.05, 3.63) is 83.4 Å². The van der Waals surface area contributed by atoms with Crippen LogP contribution in [0, 0.1) is 0 Å². The van der Waals surface area contributed by atoms with Crippen molar-refractivity contribution in [2.45, 2.75) is 16.2 Å². The number of carbonyl (C=O) groups excluding carboxylic acids is 1. The minimum absolute atomic E-state index is 0.00123. The molecule has 3 aromatic rings. The molecular weight excluding hydrogens is 480 g/mol. The van der Waals surface area contributed by atoms with Crippen LogP contribution >= 0.6 is 23.4 Å². The first-order chi connectivity index (χ1) is 15.8. The Bertz CT molecular complexity index is 1200. The fraction of sp³-hybridized carbons (Fsp3) is 0.208. The average Bonchev–Trinajstić information content (AvgIpc) is 2.82. The van der Waals surface area contributed by atoms with Gasteiger partial charge in [0.25, 0.3) is 0 Å². The topological polar surface area (TPSA) is 75.7 Å². The van der Waals surface area contributed by atoms with Crippen LogP contribution in [0.1, 0.15) is 5.56 Å². The number of para-hydroxylation sites is 1. The van der Waals surface area contributed by atoms with Crippen molar-refractivity contribution in [1.82, 2.24) is 4.31 Å². The van der Waals surface area contributed by atoms with Gasteiger partial charge in [0, 0.05) is 11.4 Å². The minimum Gasteiger partial charge on any atom is -0.495 e. The van der Waals surface area contributed by atoms with Gasteiger partial charge in [-0.3, -0.25) is 4.79 Å². The van der Waals surface area contributed by atoms with E-state index in [2.05, 4.69) is 5.32 Å². The molecule has 0 radical (unpaired) electrons. The summed E-state index contributed by atoms with van der Waals surface area (Å²) in [5.41, 5.74) is 1.61. The highest BCUT2D eigenvalue weighted by molar-refractivity contribution is 7.98. The molecule has 0 aliphatic heterocycles. The first kappa shape index (κ1) is 25.1. The van der Waals surface area contributed by atoms with E-state index in [-0.39, 0.29) is 23.0 Å². The van der Waals surface area contributed by atoms with Crippen molar-refractivity contribution < 1.29 is 17.9 Å². The molecule has 174 valence electrons. The summed E-state index contributed by atoms with van der Waals surface area (Å²) < 4.78 is 33.2. The fourth-order valence-electron chi connectivity index (χ4n) is 3.24. The van der Waals surface area contributed by atoms with E-state index in [0.29, 0.717) is 17.9 Å². The molecule has 0 fully saturated rings. The molecule has 0 saturated carbocycles. The highest BCUT2D eigenvalue weighted by Gasteiger charge is 2.27. The van der Waals surface area contributed by atoms with Crippen LogP contribution < -0.4 is 10.1 Å². The Balaban J connectivity index is 1.86. The largest absolute Gasteiger partial charge is 0.495 e. The Morgan fingerprint density at radius 1 is 1.06 bits per heavy atom. The van der Waals surface area contributed by atoms with Crippen molar-refractivity contribution in [2.75, 3.05) is 31.8 Å². The number of methoxy groups -OCH3 is 1. The zero-order valence-electron chi connectivity index (χ0n) is 18.3. The van der Waals surface area contributed by atoms with Gasteiger partial charge < -0.3 is 10.1 Å². The van der Waals surface area contributed by atoms with E-state index < -0.39 is 15.9 Å². The molecule has 0 aromatic heterocycles. The highest BCUT2D eigenvalue weighted by Crippen LogP contribution is 2.29. The van der Waals surface area contributed by atoms with E-state index >= 15 is 0 Å². The van der Waals surface area contributed by atoms with Gasteiger partial charge in [-0.1, -0.05) is 54.1 Å². The van der Waals surface area contributed by atoms with Crippen molar-refractivity contribution in [3.8, 4) is 5.75 Å². The first-order valence-electron chi connectivity index (χ1n) is 10.2. The number of benzene rings is 3. The summed E-state index contributed by atoms with van der Waals surface area (Å²) in [4.78, 5) is 13.8. The molecule has 6 nitrogen and oxygen atoms in total. The molecular formula is C24H25ClN2O4S2. The van der Waals surface area contributed by atoms with Crippen LogP contribution in [-0.2, 0) is 21.2 Å². The molecule has 0 atom stereocenters. The Kier molecular flexibility index (Phi) is 8.80. The Morgan fingerprint density at radius 2 is 1.76 bits per heavy atom. The van der Waals surface area contributed by atoms with Gasteiger partial charge in [-0.15, -0.1) is 11.8 Å². The van der Waals surface area contributed by atoms with Gasteiger partial charge in [0.15, 0.2) is 0 Å². The lowest BCUT2D eigenvalue weighted by Crippen LogP contribution is -2.39. The molecule has 0 spiro atoms. The predicted octanol–water partition coefficient (Wildman–Crippen LogP) is 4.94. The number of halogens is 1. The molecule has 0 aliphatic rings. The summed E-state index contributed by atoms with van der Waals surface area (Å²) in [5, 5.41) is 3.01. The van der Waals surface area contributed by atoms with Gasteiger partial charge in [-0.05, 0) is 48.6 Å². The second-order valence-electron chi connectivity index (χ2n) is 7.12. The van der Waals surface area contributed by atoms with E-state index in [9.17, 15) is 13.2 Å². The number of hydrogen-bond acceptors (Lipinski definition) is 5.